The first-order valence-corrected chi connectivity index (χ1v) is 7.55. The Morgan fingerprint density at radius 3 is 2.55 bits per heavy atom. The Morgan fingerprint density at radius 2 is 1.90 bits per heavy atom. The summed E-state index contributed by atoms with van der Waals surface area (Å²) < 4.78 is 0. The average Bonchev–Trinajstić information content (AvgIpc) is 2.91. The van der Waals surface area contributed by atoms with Crippen molar-refractivity contribution in [1.29, 1.82) is 5.26 Å². The van der Waals surface area contributed by atoms with Crippen molar-refractivity contribution in [2.24, 2.45) is 5.10 Å². The molecule has 2 aliphatic rings. The van der Waals surface area contributed by atoms with Gasteiger partial charge >= 0.3 is 0 Å². The molecule has 0 saturated heterocycles. The summed E-state index contributed by atoms with van der Waals surface area (Å²) in [6.45, 7) is 2.07. The van der Waals surface area contributed by atoms with Gasteiger partial charge in [0, 0.05) is 12.1 Å². The fourth-order valence-electron chi connectivity index (χ4n) is 3.52. The fourth-order valence-corrected chi connectivity index (χ4v) is 3.52. The molecule has 1 heterocycles. The molecule has 20 heavy (non-hydrogen) atoms. The lowest BCUT2D eigenvalue weighted by atomic mass is 9.81. The molecule has 0 bridgehead atoms. The molecule has 0 radical (unpaired) electrons. The van der Waals surface area contributed by atoms with Crippen LogP contribution in [0.1, 0.15) is 57.1 Å². The number of benzene rings is 1. The van der Waals surface area contributed by atoms with Gasteiger partial charge in [-0.2, -0.15) is 10.4 Å². The van der Waals surface area contributed by atoms with Crippen molar-refractivity contribution in [2.45, 2.75) is 57.0 Å². The van der Waals surface area contributed by atoms with Crippen LogP contribution in [0.25, 0.3) is 0 Å². The zero-order valence-corrected chi connectivity index (χ0v) is 12.0. The van der Waals surface area contributed by atoms with Gasteiger partial charge < -0.3 is 0 Å². The summed E-state index contributed by atoms with van der Waals surface area (Å²) in [5, 5.41) is 16.7. The van der Waals surface area contributed by atoms with Crippen molar-refractivity contribution < 1.29 is 0 Å². The summed E-state index contributed by atoms with van der Waals surface area (Å²) in [7, 11) is 0. The highest BCUT2D eigenvalue weighted by Crippen LogP contribution is 2.42. The number of nitriles is 1. The van der Waals surface area contributed by atoms with Gasteiger partial charge in [-0.3, -0.25) is 5.01 Å². The van der Waals surface area contributed by atoms with Gasteiger partial charge in [-0.15, -0.1) is 0 Å². The Kier molecular flexibility index (Phi) is 3.48. The normalized spacial score (nSPS) is 25.1. The van der Waals surface area contributed by atoms with Crippen LogP contribution in [0.4, 0.5) is 0 Å². The summed E-state index contributed by atoms with van der Waals surface area (Å²) in [6.07, 6.45) is 6.36. The predicted molar refractivity (Wildman–Crippen MR) is 80.2 cm³/mol. The quantitative estimate of drug-likeness (QED) is 0.811. The smallest absolute Gasteiger partial charge is 0.144 e. The summed E-state index contributed by atoms with van der Waals surface area (Å²) in [5.74, 6) is 0. The van der Waals surface area contributed by atoms with E-state index in [4.69, 9.17) is 5.10 Å². The van der Waals surface area contributed by atoms with Crippen molar-refractivity contribution in [3.63, 3.8) is 0 Å². The van der Waals surface area contributed by atoms with Gasteiger partial charge in [0.1, 0.15) is 5.54 Å². The van der Waals surface area contributed by atoms with Gasteiger partial charge in [-0.1, -0.05) is 36.8 Å². The Balaban J connectivity index is 1.95. The van der Waals surface area contributed by atoms with Crippen LogP contribution in [0.2, 0.25) is 0 Å². The van der Waals surface area contributed by atoms with Crippen LogP contribution in [0.15, 0.2) is 35.4 Å². The molecule has 3 rings (SSSR count). The molecule has 104 valence electrons. The highest BCUT2D eigenvalue weighted by Gasteiger charge is 2.44. The zero-order chi connectivity index (χ0) is 14.0. The van der Waals surface area contributed by atoms with Gasteiger partial charge in [-0.05, 0) is 38.2 Å². The third-order valence-corrected chi connectivity index (χ3v) is 4.57. The molecule has 0 N–H and O–H groups in total. The third kappa shape index (κ3) is 2.20. The molecule has 1 aromatic rings. The molecule has 0 aromatic heterocycles. The van der Waals surface area contributed by atoms with Gasteiger partial charge in [0.2, 0.25) is 0 Å². The van der Waals surface area contributed by atoms with Crippen LogP contribution in [-0.4, -0.2) is 16.3 Å². The Morgan fingerprint density at radius 1 is 1.20 bits per heavy atom. The Hall–Kier alpha value is -1.82. The molecule has 1 aliphatic carbocycles. The van der Waals surface area contributed by atoms with E-state index in [-0.39, 0.29) is 6.04 Å². The van der Waals surface area contributed by atoms with E-state index in [1.165, 1.54) is 12.0 Å². The number of hydrogen-bond donors (Lipinski definition) is 0. The highest BCUT2D eigenvalue weighted by molar-refractivity contribution is 5.84. The average molecular weight is 267 g/mol. The molecular formula is C17H21N3. The molecule has 1 fully saturated rings. The van der Waals surface area contributed by atoms with Crippen molar-refractivity contribution in [2.75, 3.05) is 0 Å². The molecule has 0 amide bonds. The summed E-state index contributed by atoms with van der Waals surface area (Å²) in [5.41, 5.74) is 2.02. The molecule has 1 aromatic carbocycles. The fraction of sp³-hybridized carbons (Fsp3) is 0.529. The van der Waals surface area contributed by atoms with Gasteiger partial charge in [0.25, 0.3) is 0 Å². The molecule has 3 heteroatoms. The maximum Gasteiger partial charge on any atom is 0.144 e. The van der Waals surface area contributed by atoms with Crippen molar-refractivity contribution >= 4 is 5.71 Å². The SMILES string of the molecule is CC1=NN(C2(C#N)CCCCC2)[C@@H](c2ccccc2)C1. The minimum Gasteiger partial charge on any atom is -0.269 e. The van der Waals surface area contributed by atoms with E-state index in [1.54, 1.807) is 0 Å². The van der Waals surface area contributed by atoms with Gasteiger partial charge in [0.15, 0.2) is 0 Å². The Labute approximate surface area is 120 Å². The first-order valence-electron chi connectivity index (χ1n) is 7.55. The Bertz CT molecular complexity index is 535. The van der Waals surface area contributed by atoms with E-state index in [1.807, 2.05) is 6.07 Å². The number of hydrogen-bond acceptors (Lipinski definition) is 3. The van der Waals surface area contributed by atoms with Crippen LogP contribution in [0.3, 0.4) is 0 Å². The second kappa shape index (κ2) is 5.28. The molecular weight excluding hydrogens is 246 g/mol. The number of hydrazone groups is 1. The van der Waals surface area contributed by atoms with Gasteiger partial charge in [0.05, 0.1) is 12.1 Å². The van der Waals surface area contributed by atoms with Crippen LogP contribution < -0.4 is 0 Å². The predicted octanol–water partition coefficient (Wildman–Crippen LogP) is 4.04. The maximum atomic E-state index is 9.79. The lowest BCUT2D eigenvalue weighted by Crippen LogP contribution is -2.46. The monoisotopic (exact) mass is 267 g/mol. The summed E-state index contributed by atoms with van der Waals surface area (Å²) in [6, 6.07) is 13.3. The van der Waals surface area contributed by atoms with E-state index in [0.717, 1.165) is 37.8 Å². The zero-order valence-electron chi connectivity index (χ0n) is 12.0. The van der Waals surface area contributed by atoms with E-state index in [2.05, 4.69) is 42.3 Å². The number of nitrogens with zero attached hydrogens (tertiary/aromatic N) is 3. The highest BCUT2D eigenvalue weighted by atomic mass is 15.5. The molecule has 1 atom stereocenters. The molecule has 0 spiro atoms. The minimum absolute atomic E-state index is 0.231. The topological polar surface area (TPSA) is 39.4 Å². The van der Waals surface area contributed by atoms with Crippen LogP contribution in [0.5, 0.6) is 0 Å². The molecule has 0 unspecified atom stereocenters. The first-order chi connectivity index (χ1) is 9.75. The van der Waals surface area contributed by atoms with Crippen LogP contribution in [-0.2, 0) is 0 Å². The summed E-state index contributed by atoms with van der Waals surface area (Å²) >= 11 is 0. The second-order valence-electron chi connectivity index (χ2n) is 6.01. The largest absolute Gasteiger partial charge is 0.269 e. The lowest BCUT2D eigenvalue weighted by molar-refractivity contribution is 0.0704. The van der Waals surface area contributed by atoms with E-state index < -0.39 is 5.54 Å². The van der Waals surface area contributed by atoms with Crippen molar-refractivity contribution in [1.82, 2.24) is 5.01 Å². The third-order valence-electron chi connectivity index (χ3n) is 4.57. The minimum atomic E-state index is -0.392. The van der Waals surface area contributed by atoms with Crippen molar-refractivity contribution in [3.8, 4) is 6.07 Å². The van der Waals surface area contributed by atoms with E-state index >= 15 is 0 Å². The molecule has 1 aliphatic heterocycles. The molecule has 1 saturated carbocycles. The van der Waals surface area contributed by atoms with Crippen molar-refractivity contribution in [3.05, 3.63) is 35.9 Å². The van der Waals surface area contributed by atoms with E-state index in [9.17, 15) is 5.26 Å². The van der Waals surface area contributed by atoms with Crippen LogP contribution >= 0.6 is 0 Å². The standard InChI is InChI=1S/C17H21N3/c1-14-12-16(15-8-4-2-5-9-15)20(19-14)17(13-18)10-6-3-7-11-17/h2,4-5,8-9,16H,3,6-7,10-12H2,1H3/t16-/m1/s1. The maximum absolute atomic E-state index is 9.79. The second-order valence-corrected chi connectivity index (χ2v) is 6.01. The van der Waals surface area contributed by atoms with E-state index in [0.29, 0.717) is 0 Å². The first kappa shape index (κ1) is 13.2. The van der Waals surface area contributed by atoms with Crippen LogP contribution in [0, 0.1) is 11.3 Å². The molecule has 3 nitrogen and oxygen atoms in total. The lowest BCUT2D eigenvalue weighted by Gasteiger charge is -2.41. The van der Waals surface area contributed by atoms with Gasteiger partial charge in [-0.25, -0.2) is 0 Å². The number of rotatable bonds is 2. The summed E-state index contributed by atoms with van der Waals surface area (Å²) in [4.78, 5) is 0.